The Balaban J connectivity index is 2.04. The van der Waals surface area contributed by atoms with E-state index < -0.39 is 33.4 Å². The van der Waals surface area contributed by atoms with Crippen molar-refractivity contribution in [3.8, 4) is 6.07 Å². The second kappa shape index (κ2) is 8.22. The Hall–Kier alpha value is -3.08. The van der Waals surface area contributed by atoms with Gasteiger partial charge in [-0.25, -0.2) is 18.5 Å². The molecule has 1 aromatic heterocycles. The number of nitrogens with two attached hydrogens (primary N) is 1. The summed E-state index contributed by atoms with van der Waals surface area (Å²) in [6, 6.07) is 7.41. The molecule has 0 unspecified atom stereocenters. The van der Waals surface area contributed by atoms with Crippen LogP contribution in [0.25, 0.3) is 0 Å². The van der Waals surface area contributed by atoms with Crippen LogP contribution in [0.1, 0.15) is 24.1 Å². The van der Waals surface area contributed by atoms with Crippen molar-refractivity contribution in [3.05, 3.63) is 47.8 Å². The van der Waals surface area contributed by atoms with Crippen molar-refractivity contribution in [2.45, 2.75) is 23.9 Å². The molecule has 0 bridgehead atoms. The fourth-order valence-electron chi connectivity index (χ4n) is 3.01. The standard InChI is InChI=1S/C18H14F3N5O3S2/c19-18(20,21)14-8-12(10-24-15(14)9-22)26-16(27)2-1-7-25(17(26)30)11-3-5-13(6-4-11)31(23,28)29/h3-6,8,10H,1-2,7H2,(H2,23,28,29). The first-order chi connectivity index (χ1) is 14.4. The van der Waals surface area contributed by atoms with Crippen molar-refractivity contribution >= 4 is 44.6 Å². The summed E-state index contributed by atoms with van der Waals surface area (Å²) in [6.07, 6.45) is -3.52. The van der Waals surface area contributed by atoms with Gasteiger partial charge in [0.05, 0.1) is 22.3 Å². The van der Waals surface area contributed by atoms with Gasteiger partial charge in [-0.2, -0.15) is 18.4 Å². The quantitative estimate of drug-likeness (QED) is 0.686. The lowest BCUT2D eigenvalue weighted by Crippen LogP contribution is -2.44. The zero-order chi connectivity index (χ0) is 23.0. The monoisotopic (exact) mass is 469 g/mol. The number of thiocarbonyl (C=S) groups is 1. The molecule has 2 aromatic rings. The van der Waals surface area contributed by atoms with Crippen molar-refractivity contribution in [2.75, 3.05) is 16.3 Å². The van der Waals surface area contributed by atoms with Crippen LogP contribution < -0.4 is 14.9 Å². The van der Waals surface area contributed by atoms with E-state index in [-0.39, 0.29) is 28.7 Å². The van der Waals surface area contributed by atoms with Gasteiger partial charge < -0.3 is 4.90 Å². The second-order valence-corrected chi connectivity index (χ2v) is 8.43. The molecule has 0 radical (unpaired) electrons. The van der Waals surface area contributed by atoms with Gasteiger partial charge in [-0.15, -0.1) is 0 Å². The van der Waals surface area contributed by atoms with Gasteiger partial charge in [0.15, 0.2) is 10.8 Å². The minimum Gasteiger partial charge on any atom is -0.318 e. The Morgan fingerprint density at radius 2 is 1.84 bits per heavy atom. The maximum absolute atomic E-state index is 13.3. The number of amides is 1. The molecule has 2 N–H and O–H groups in total. The van der Waals surface area contributed by atoms with E-state index in [9.17, 15) is 26.4 Å². The highest BCUT2D eigenvalue weighted by Crippen LogP contribution is 2.34. The summed E-state index contributed by atoms with van der Waals surface area (Å²) >= 11 is 5.39. The van der Waals surface area contributed by atoms with Crippen LogP contribution in [0.4, 0.5) is 24.5 Å². The molecule has 0 aliphatic carbocycles. The Morgan fingerprint density at radius 3 is 2.39 bits per heavy atom. The Kier molecular flexibility index (Phi) is 5.99. The molecular weight excluding hydrogens is 455 g/mol. The van der Waals surface area contributed by atoms with Crippen molar-refractivity contribution in [1.82, 2.24) is 4.98 Å². The molecule has 3 rings (SSSR count). The van der Waals surface area contributed by atoms with Gasteiger partial charge in [0.2, 0.25) is 15.9 Å². The van der Waals surface area contributed by atoms with Crippen LogP contribution in [0.2, 0.25) is 0 Å². The first kappa shape index (κ1) is 22.6. The summed E-state index contributed by atoms with van der Waals surface area (Å²) in [7, 11) is -3.92. The van der Waals surface area contributed by atoms with Crippen molar-refractivity contribution in [2.24, 2.45) is 5.14 Å². The van der Waals surface area contributed by atoms with E-state index in [4.69, 9.17) is 22.6 Å². The average Bonchev–Trinajstić information content (AvgIpc) is 2.84. The SMILES string of the molecule is N#Cc1ncc(N2C(=O)CCCN(c3ccc(S(N)(=O)=O)cc3)C2=S)cc1C(F)(F)F. The van der Waals surface area contributed by atoms with E-state index in [1.807, 2.05) is 0 Å². The number of hydrogen-bond donors (Lipinski definition) is 1. The summed E-state index contributed by atoms with van der Waals surface area (Å²) in [5.41, 5.74) is -1.90. The summed E-state index contributed by atoms with van der Waals surface area (Å²) in [4.78, 5) is 18.5. The Bertz CT molecular complexity index is 1190. The molecule has 162 valence electrons. The van der Waals surface area contributed by atoms with E-state index in [0.29, 0.717) is 18.2 Å². The van der Waals surface area contributed by atoms with Gasteiger partial charge >= 0.3 is 6.18 Å². The van der Waals surface area contributed by atoms with Crippen LogP contribution in [-0.4, -0.2) is 31.0 Å². The fraction of sp³-hybridized carbons (Fsp3) is 0.222. The summed E-state index contributed by atoms with van der Waals surface area (Å²) in [6.45, 7) is 0.269. The number of primary sulfonamides is 1. The highest BCUT2D eigenvalue weighted by atomic mass is 32.2. The lowest BCUT2D eigenvalue weighted by atomic mass is 10.1. The molecule has 1 saturated heterocycles. The van der Waals surface area contributed by atoms with Crippen LogP contribution >= 0.6 is 12.2 Å². The molecule has 31 heavy (non-hydrogen) atoms. The number of pyridine rings is 1. The van der Waals surface area contributed by atoms with Crippen molar-refractivity contribution in [1.29, 1.82) is 5.26 Å². The van der Waals surface area contributed by atoms with Crippen molar-refractivity contribution < 1.29 is 26.4 Å². The third-order valence-electron chi connectivity index (χ3n) is 4.46. The normalized spacial score (nSPS) is 15.6. The molecule has 1 aliphatic rings. The molecule has 1 amide bonds. The summed E-state index contributed by atoms with van der Waals surface area (Å²) in [5.74, 6) is -0.534. The number of halogens is 3. The zero-order valence-corrected chi connectivity index (χ0v) is 17.3. The topological polar surface area (TPSA) is 120 Å². The molecule has 1 aromatic carbocycles. The van der Waals surface area contributed by atoms with E-state index in [2.05, 4.69) is 4.98 Å². The molecule has 1 fully saturated rings. The maximum atomic E-state index is 13.3. The van der Waals surface area contributed by atoms with Crippen LogP contribution in [0, 0.1) is 11.3 Å². The van der Waals surface area contributed by atoms with Crippen molar-refractivity contribution in [3.63, 3.8) is 0 Å². The van der Waals surface area contributed by atoms with Gasteiger partial charge in [-0.05, 0) is 49.0 Å². The van der Waals surface area contributed by atoms with E-state index in [1.54, 1.807) is 0 Å². The molecule has 1 aliphatic heterocycles. The summed E-state index contributed by atoms with van der Waals surface area (Å²) in [5, 5.41) is 13.9. The predicted octanol–water partition coefficient (Wildman–Crippen LogP) is 2.54. The summed E-state index contributed by atoms with van der Waals surface area (Å²) < 4.78 is 62.9. The third kappa shape index (κ3) is 4.66. The number of benzene rings is 1. The maximum Gasteiger partial charge on any atom is 0.419 e. The number of rotatable bonds is 3. The van der Waals surface area contributed by atoms with Gasteiger partial charge in [0.25, 0.3) is 0 Å². The number of nitriles is 1. The number of nitrogens with zero attached hydrogens (tertiary/aromatic N) is 4. The van der Waals surface area contributed by atoms with Crippen LogP contribution in [0.5, 0.6) is 0 Å². The first-order valence-electron chi connectivity index (χ1n) is 8.68. The Morgan fingerprint density at radius 1 is 1.19 bits per heavy atom. The predicted molar refractivity (Wildman–Crippen MR) is 108 cm³/mol. The number of carbonyl (C=O) groups is 1. The number of anilines is 2. The number of carbonyl (C=O) groups excluding carboxylic acids is 1. The number of alkyl halides is 3. The molecule has 0 saturated carbocycles. The molecule has 8 nitrogen and oxygen atoms in total. The van der Waals surface area contributed by atoms with Gasteiger partial charge in [0.1, 0.15) is 6.07 Å². The van der Waals surface area contributed by atoms with E-state index in [0.717, 1.165) is 11.1 Å². The zero-order valence-electron chi connectivity index (χ0n) is 15.6. The molecule has 0 spiro atoms. The molecule has 2 heterocycles. The van der Waals surface area contributed by atoms with Gasteiger partial charge in [0, 0.05) is 18.7 Å². The molecule has 13 heteroatoms. The largest absolute Gasteiger partial charge is 0.419 e. The van der Waals surface area contributed by atoms with Crippen LogP contribution in [0.15, 0.2) is 41.4 Å². The second-order valence-electron chi connectivity index (χ2n) is 6.51. The minimum absolute atomic E-state index is 0.00720. The highest BCUT2D eigenvalue weighted by molar-refractivity contribution is 7.89. The molecule has 0 atom stereocenters. The Labute approximate surface area is 180 Å². The first-order valence-corrected chi connectivity index (χ1v) is 10.6. The van der Waals surface area contributed by atoms with Crippen LogP contribution in [-0.2, 0) is 21.0 Å². The lowest BCUT2D eigenvalue weighted by Gasteiger charge is -2.30. The average molecular weight is 469 g/mol. The number of aromatic nitrogens is 1. The lowest BCUT2D eigenvalue weighted by molar-refractivity contribution is -0.138. The fourth-order valence-corrected chi connectivity index (χ4v) is 3.93. The van der Waals surface area contributed by atoms with E-state index in [1.165, 1.54) is 35.2 Å². The van der Waals surface area contributed by atoms with Crippen LogP contribution in [0.3, 0.4) is 0 Å². The van der Waals surface area contributed by atoms with E-state index >= 15 is 0 Å². The third-order valence-corrected chi connectivity index (χ3v) is 5.80. The van der Waals surface area contributed by atoms with Gasteiger partial charge in [-0.3, -0.25) is 9.69 Å². The number of sulfonamides is 1. The highest BCUT2D eigenvalue weighted by Gasteiger charge is 2.37. The van der Waals surface area contributed by atoms with Gasteiger partial charge in [-0.1, -0.05) is 0 Å². The minimum atomic E-state index is -4.85. The molecular formula is C18H14F3N5O3S2. The smallest absolute Gasteiger partial charge is 0.318 e. The number of hydrogen-bond acceptors (Lipinski definition) is 6.